The van der Waals surface area contributed by atoms with Gasteiger partial charge in [0.15, 0.2) is 0 Å². The molecule has 0 spiro atoms. The molecule has 0 aromatic heterocycles. The minimum Gasteiger partial charge on any atom is -0.508 e. The van der Waals surface area contributed by atoms with E-state index in [1.165, 1.54) is 17.2 Å². The zero-order valence-electron chi connectivity index (χ0n) is 12.0. The number of aromatic hydroxyl groups is 1. The highest BCUT2D eigenvalue weighted by atomic mass is 19.1. The first kappa shape index (κ1) is 14.5. The summed E-state index contributed by atoms with van der Waals surface area (Å²) in [6.45, 7) is 6.06. The topological polar surface area (TPSA) is 32.3 Å². The van der Waals surface area contributed by atoms with Gasteiger partial charge < -0.3 is 10.4 Å². The summed E-state index contributed by atoms with van der Waals surface area (Å²) in [7, 11) is 0. The monoisotopic (exact) mass is 273 g/mol. The number of rotatable bonds is 4. The summed E-state index contributed by atoms with van der Waals surface area (Å²) in [5.74, 6) is -0.438. The molecule has 2 rings (SSSR count). The van der Waals surface area contributed by atoms with Crippen molar-refractivity contribution in [3.05, 3.63) is 65.0 Å². The van der Waals surface area contributed by atoms with Gasteiger partial charge in [0, 0.05) is 23.7 Å². The maximum Gasteiger partial charge on any atom is 0.131 e. The van der Waals surface area contributed by atoms with Gasteiger partial charge >= 0.3 is 0 Å². The molecule has 0 fully saturated rings. The molecule has 0 saturated heterocycles. The third kappa shape index (κ3) is 3.17. The van der Waals surface area contributed by atoms with E-state index in [0.717, 1.165) is 6.07 Å². The van der Waals surface area contributed by atoms with E-state index in [0.29, 0.717) is 5.56 Å². The molecule has 0 amide bonds. The number of phenols is 1. The van der Waals surface area contributed by atoms with Crippen LogP contribution in [0.15, 0.2) is 42.5 Å². The Morgan fingerprint density at radius 3 is 2.30 bits per heavy atom. The van der Waals surface area contributed by atoms with Gasteiger partial charge in [-0.15, -0.1) is 0 Å². The van der Waals surface area contributed by atoms with Crippen molar-refractivity contribution in [3.63, 3.8) is 0 Å². The van der Waals surface area contributed by atoms with Crippen molar-refractivity contribution in [2.24, 2.45) is 0 Å². The summed E-state index contributed by atoms with van der Waals surface area (Å²) in [5.41, 5.74) is 2.98. The number of hydrogen-bond donors (Lipinski definition) is 2. The molecule has 20 heavy (non-hydrogen) atoms. The zero-order valence-corrected chi connectivity index (χ0v) is 12.0. The summed E-state index contributed by atoms with van der Waals surface area (Å²) < 4.78 is 13.8. The minimum atomic E-state index is -0.387. The molecule has 0 saturated carbocycles. The Kier molecular flexibility index (Phi) is 4.40. The Morgan fingerprint density at radius 1 is 1.00 bits per heavy atom. The first-order valence-corrected chi connectivity index (χ1v) is 6.79. The molecule has 1 unspecified atom stereocenters. The first-order valence-electron chi connectivity index (χ1n) is 6.79. The maximum absolute atomic E-state index is 13.8. The van der Waals surface area contributed by atoms with Crippen LogP contribution >= 0.6 is 0 Å². The average molecular weight is 273 g/mol. The van der Waals surface area contributed by atoms with Gasteiger partial charge in [-0.2, -0.15) is 0 Å². The summed E-state index contributed by atoms with van der Waals surface area (Å²) in [4.78, 5) is 0. The van der Waals surface area contributed by atoms with Gasteiger partial charge in [-0.3, -0.25) is 0 Å². The van der Waals surface area contributed by atoms with Crippen LogP contribution in [0.1, 0.15) is 42.6 Å². The van der Waals surface area contributed by atoms with Crippen LogP contribution in [0.2, 0.25) is 0 Å². The van der Waals surface area contributed by atoms with Gasteiger partial charge in [0.2, 0.25) is 0 Å². The van der Waals surface area contributed by atoms with E-state index >= 15 is 0 Å². The van der Waals surface area contributed by atoms with E-state index in [9.17, 15) is 9.50 Å². The maximum atomic E-state index is 13.8. The number of aryl methyl sites for hydroxylation is 1. The van der Waals surface area contributed by atoms with E-state index in [-0.39, 0.29) is 23.7 Å². The third-order valence-corrected chi connectivity index (χ3v) is 3.61. The van der Waals surface area contributed by atoms with Gasteiger partial charge in [0.1, 0.15) is 11.6 Å². The molecule has 3 heteroatoms. The normalized spacial score (nSPS) is 14.0. The Balaban J connectivity index is 2.15. The highest BCUT2D eigenvalue weighted by molar-refractivity contribution is 5.31. The van der Waals surface area contributed by atoms with Crippen molar-refractivity contribution in [3.8, 4) is 5.75 Å². The van der Waals surface area contributed by atoms with E-state index in [4.69, 9.17) is 0 Å². The first-order chi connectivity index (χ1) is 9.49. The quantitative estimate of drug-likeness (QED) is 0.872. The number of benzene rings is 2. The molecule has 2 atom stereocenters. The SMILES string of the molecule is Cc1ccccc1[C@H](C)NC(C)c1ccc(O)cc1F. The molecule has 2 nitrogen and oxygen atoms in total. The van der Waals surface area contributed by atoms with Gasteiger partial charge in [-0.25, -0.2) is 4.39 Å². The van der Waals surface area contributed by atoms with Gasteiger partial charge in [0.25, 0.3) is 0 Å². The molecule has 0 bridgehead atoms. The number of phenolic OH excluding ortho intramolecular Hbond substituents is 1. The van der Waals surface area contributed by atoms with E-state index < -0.39 is 0 Å². The van der Waals surface area contributed by atoms with Crippen LogP contribution in [0.25, 0.3) is 0 Å². The van der Waals surface area contributed by atoms with E-state index in [1.807, 2.05) is 19.1 Å². The van der Waals surface area contributed by atoms with Crippen molar-refractivity contribution >= 4 is 0 Å². The summed E-state index contributed by atoms with van der Waals surface area (Å²) in [6.07, 6.45) is 0. The van der Waals surface area contributed by atoms with Crippen LogP contribution in [0, 0.1) is 12.7 Å². The van der Waals surface area contributed by atoms with Crippen molar-refractivity contribution in [2.75, 3.05) is 0 Å². The molecule has 2 aromatic carbocycles. The molecule has 0 aliphatic heterocycles. The lowest BCUT2D eigenvalue weighted by atomic mass is 10.0. The van der Waals surface area contributed by atoms with Crippen molar-refractivity contribution in [1.29, 1.82) is 0 Å². The lowest BCUT2D eigenvalue weighted by molar-refractivity contribution is 0.454. The zero-order chi connectivity index (χ0) is 14.7. The summed E-state index contributed by atoms with van der Waals surface area (Å²) >= 11 is 0. The lowest BCUT2D eigenvalue weighted by Gasteiger charge is -2.22. The fourth-order valence-electron chi connectivity index (χ4n) is 2.49. The number of halogens is 1. The average Bonchev–Trinajstić information content (AvgIpc) is 2.38. The summed E-state index contributed by atoms with van der Waals surface area (Å²) in [6, 6.07) is 12.4. The van der Waals surface area contributed by atoms with E-state index in [2.05, 4.69) is 31.3 Å². The van der Waals surface area contributed by atoms with E-state index in [1.54, 1.807) is 6.07 Å². The van der Waals surface area contributed by atoms with Gasteiger partial charge in [-0.1, -0.05) is 30.3 Å². The predicted octanol–water partition coefficient (Wildman–Crippen LogP) is 4.25. The van der Waals surface area contributed by atoms with Crippen molar-refractivity contribution in [2.45, 2.75) is 32.9 Å². The smallest absolute Gasteiger partial charge is 0.131 e. The van der Waals surface area contributed by atoms with Crippen LogP contribution in [0.3, 0.4) is 0 Å². The molecule has 2 aromatic rings. The minimum absolute atomic E-state index is 0.0506. The molecule has 0 heterocycles. The van der Waals surface area contributed by atoms with Gasteiger partial charge in [-0.05, 0) is 38.0 Å². The molecule has 2 N–H and O–H groups in total. The third-order valence-electron chi connectivity index (χ3n) is 3.61. The Morgan fingerprint density at radius 2 is 1.65 bits per heavy atom. The fourth-order valence-corrected chi connectivity index (χ4v) is 2.49. The molecule has 0 aliphatic rings. The lowest BCUT2D eigenvalue weighted by Crippen LogP contribution is -2.23. The van der Waals surface area contributed by atoms with Crippen LogP contribution in [0.4, 0.5) is 4.39 Å². The molecule has 106 valence electrons. The highest BCUT2D eigenvalue weighted by Crippen LogP contribution is 2.25. The largest absolute Gasteiger partial charge is 0.508 e. The van der Waals surface area contributed by atoms with Gasteiger partial charge in [0.05, 0.1) is 0 Å². The Hall–Kier alpha value is -1.87. The van der Waals surface area contributed by atoms with Crippen LogP contribution < -0.4 is 5.32 Å². The molecule has 0 aliphatic carbocycles. The van der Waals surface area contributed by atoms with Crippen molar-refractivity contribution in [1.82, 2.24) is 5.32 Å². The van der Waals surface area contributed by atoms with Crippen LogP contribution in [-0.2, 0) is 0 Å². The summed E-state index contributed by atoms with van der Waals surface area (Å²) in [5, 5.41) is 12.6. The van der Waals surface area contributed by atoms with Crippen molar-refractivity contribution < 1.29 is 9.50 Å². The Bertz CT molecular complexity index is 597. The predicted molar refractivity (Wildman–Crippen MR) is 79.2 cm³/mol. The molecule has 0 radical (unpaired) electrons. The number of nitrogens with one attached hydrogen (secondary N) is 1. The second kappa shape index (κ2) is 6.06. The molecular weight excluding hydrogens is 253 g/mol. The second-order valence-corrected chi connectivity index (χ2v) is 5.17. The molecular formula is C17H20FNO. The standard InChI is InChI=1S/C17H20FNO/c1-11-6-4-5-7-15(11)12(2)19-13(3)16-9-8-14(20)10-17(16)18/h4-10,12-13,19-20H,1-3H3/t12-,13?/m0/s1. The van der Waals surface area contributed by atoms with Crippen LogP contribution in [0.5, 0.6) is 5.75 Å². The Labute approximate surface area is 119 Å². The second-order valence-electron chi connectivity index (χ2n) is 5.17. The van der Waals surface area contributed by atoms with Crippen LogP contribution in [-0.4, -0.2) is 5.11 Å². The fraction of sp³-hybridized carbons (Fsp3) is 0.294. The number of hydrogen-bond acceptors (Lipinski definition) is 2. The highest BCUT2D eigenvalue weighted by Gasteiger charge is 2.15.